The van der Waals surface area contributed by atoms with Crippen molar-refractivity contribution in [3.63, 3.8) is 0 Å². The Kier molecular flexibility index (Phi) is 5.02. The van der Waals surface area contributed by atoms with Crippen LogP contribution in [0.25, 0.3) is 0 Å². The third-order valence-corrected chi connectivity index (χ3v) is 6.58. The maximum Gasteiger partial charge on any atom is 0.411 e. The molecule has 1 amide bonds. The summed E-state index contributed by atoms with van der Waals surface area (Å²) in [5.41, 5.74) is -0.765. The summed E-state index contributed by atoms with van der Waals surface area (Å²) < 4.78 is 21.0. The lowest BCUT2D eigenvalue weighted by molar-refractivity contribution is 0.00534. The van der Waals surface area contributed by atoms with Gasteiger partial charge in [0.05, 0.1) is 11.6 Å². The van der Waals surface area contributed by atoms with Crippen molar-refractivity contribution in [1.29, 1.82) is 0 Å². The molecule has 0 saturated carbocycles. The van der Waals surface area contributed by atoms with Gasteiger partial charge >= 0.3 is 6.09 Å². The van der Waals surface area contributed by atoms with Crippen LogP contribution in [0.1, 0.15) is 74.1 Å². The van der Waals surface area contributed by atoms with Crippen LogP contribution in [0.3, 0.4) is 0 Å². The number of carbonyl (C=O) groups is 1. The van der Waals surface area contributed by atoms with Crippen LogP contribution < -0.4 is 4.72 Å². The van der Waals surface area contributed by atoms with E-state index in [0.717, 1.165) is 25.7 Å². The van der Waals surface area contributed by atoms with Crippen molar-refractivity contribution in [3.8, 4) is 0 Å². The van der Waals surface area contributed by atoms with Crippen molar-refractivity contribution in [1.82, 2.24) is 9.62 Å². The number of amides is 1. The molecule has 0 spiro atoms. The predicted molar refractivity (Wildman–Crippen MR) is 93.6 cm³/mol. The van der Waals surface area contributed by atoms with E-state index in [1.54, 1.807) is 0 Å². The van der Waals surface area contributed by atoms with Crippen molar-refractivity contribution < 1.29 is 14.1 Å². The Hall–Kier alpha value is -0.460. The minimum atomic E-state index is -1.15. The molecule has 2 heterocycles. The fraction of sp³-hybridized carbons (Fsp3) is 0.941. The molecule has 0 aromatic heterocycles. The molecule has 2 aliphatic rings. The van der Waals surface area contributed by atoms with Gasteiger partial charge in [0.25, 0.3) is 0 Å². The number of ether oxygens (including phenoxy) is 1. The SMILES string of the molecule is C[C@@H](N[S+]([O-])C(C)(C)C)C12CCC(CC1)N2C(=O)OC(C)(C)C. The number of nitrogens with zero attached hydrogens (tertiary/aromatic N) is 1. The maximum atomic E-state index is 12.7. The summed E-state index contributed by atoms with van der Waals surface area (Å²) in [6, 6.07) is 0.236. The molecular formula is C17H32N2O3S. The second kappa shape index (κ2) is 6.12. The molecule has 1 unspecified atom stereocenters. The van der Waals surface area contributed by atoms with E-state index < -0.39 is 17.0 Å². The Morgan fingerprint density at radius 2 is 1.78 bits per heavy atom. The van der Waals surface area contributed by atoms with Gasteiger partial charge < -0.3 is 9.29 Å². The fourth-order valence-corrected chi connectivity index (χ4v) is 4.59. The van der Waals surface area contributed by atoms with Crippen molar-refractivity contribution in [2.75, 3.05) is 0 Å². The Balaban J connectivity index is 2.16. The first-order valence-electron chi connectivity index (χ1n) is 8.57. The number of nitrogens with one attached hydrogen (secondary N) is 1. The van der Waals surface area contributed by atoms with E-state index >= 15 is 0 Å². The number of hydrogen-bond donors (Lipinski definition) is 1. The van der Waals surface area contributed by atoms with E-state index in [-0.39, 0.29) is 28.5 Å². The topological polar surface area (TPSA) is 64.6 Å². The van der Waals surface area contributed by atoms with E-state index in [9.17, 15) is 9.35 Å². The van der Waals surface area contributed by atoms with E-state index in [1.165, 1.54) is 0 Å². The molecule has 2 rings (SSSR count). The summed E-state index contributed by atoms with van der Waals surface area (Å²) in [4.78, 5) is 14.7. The quantitative estimate of drug-likeness (QED) is 0.797. The summed E-state index contributed by atoms with van der Waals surface area (Å²) in [5, 5.41) is 0. The Labute approximate surface area is 143 Å². The van der Waals surface area contributed by atoms with Gasteiger partial charge in [-0.2, -0.15) is 0 Å². The van der Waals surface area contributed by atoms with Crippen LogP contribution in [-0.2, 0) is 16.1 Å². The molecular weight excluding hydrogens is 312 g/mol. The highest BCUT2D eigenvalue weighted by molar-refractivity contribution is 7.90. The van der Waals surface area contributed by atoms with Gasteiger partial charge in [0.1, 0.15) is 10.3 Å². The highest BCUT2D eigenvalue weighted by Gasteiger charge is 2.58. The molecule has 6 heteroatoms. The van der Waals surface area contributed by atoms with Crippen LogP contribution in [0.4, 0.5) is 4.79 Å². The smallest absolute Gasteiger partial charge is 0.411 e. The van der Waals surface area contributed by atoms with Gasteiger partial charge in [0.15, 0.2) is 0 Å². The number of fused-ring (bicyclic) bond motifs is 2. The van der Waals surface area contributed by atoms with Crippen LogP contribution >= 0.6 is 0 Å². The van der Waals surface area contributed by atoms with Crippen LogP contribution in [0.5, 0.6) is 0 Å². The summed E-state index contributed by atoms with van der Waals surface area (Å²) in [6.45, 7) is 13.6. The van der Waals surface area contributed by atoms with Gasteiger partial charge in [0.2, 0.25) is 0 Å². The minimum absolute atomic E-state index is 0.0254. The van der Waals surface area contributed by atoms with Crippen LogP contribution in [0.15, 0.2) is 0 Å². The lowest BCUT2D eigenvalue weighted by Gasteiger charge is -2.41. The van der Waals surface area contributed by atoms with Crippen LogP contribution in [-0.4, -0.2) is 43.5 Å². The van der Waals surface area contributed by atoms with Gasteiger partial charge in [-0.15, -0.1) is 4.72 Å². The highest BCUT2D eigenvalue weighted by Crippen LogP contribution is 2.49. The molecule has 5 nitrogen and oxygen atoms in total. The van der Waals surface area contributed by atoms with Gasteiger partial charge in [0, 0.05) is 17.4 Å². The van der Waals surface area contributed by atoms with Crippen molar-refractivity contribution in [2.45, 2.75) is 102 Å². The monoisotopic (exact) mass is 344 g/mol. The molecule has 0 aromatic rings. The van der Waals surface area contributed by atoms with Crippen molar-refractivity contribution >= 4 is 17.5 Å². The molecule has 2 fully saturated rings. The molecule has 0 radical (unpaired) electrons. The van der Waals surface area contributed by atoms with E-state index in [4.69, 9.17) is 4.74 Å². The summed E-state index contributed by atoms with van der Waals surface area (Å²) >= 11 is -1.15. The molecule has 134 valence electrons. The van der Waals surface area contributed by atoms with E-state index in [2.05, 4.69) is 11.6 Å². The Morgan fingerprint density at radius 3 is 2.22 bits per heavy atom. The van der Waals surface area contributed by atoms with Crippen molar-refractivity contribution in [2.24, 2.45) is 0 Å². The van der Waals surface area contributed by atoms with Gasteiger partial charge in [-0.1, -0.05) is 0 Å². The number of rotatable bonds is 3. The molecule has 2 saturated heterocycles. The molecule has 23 heavy (non-hydrogen) atoms. The third-order valence-electron chi connectivity index (χ3n) is 4.90. The second-order valence-electron chi connectivity index (χ2n) is 8.91. The second-order valence-corrected chi connectivity index (χ2v) is 10.9. The van der Waals surface area contributed by atoms with Crippen LogP contribution in [0.2, 0.25) is 0 Å². The first kappa shape index (κ1) is 18.9. The van der Waals surface area contributed by atoms with Crippen LogP contribution in [0, 0.1) is 0 Å². The molecule has 2 aliphatic heterocycles. The predicted octanol–water partition coefficient (Wildman–Crippen LogP) is 3.36. The minimum Gasteiger partial charge on any atom is -0.598 e. The normalized spacial score (nSPS) is 30.4. The average molecular weight is 345 g/mol. The first-order chi connectivity index (χ1) is 10.4. The maximum absolute atomic E-state index is 12.7. The van der Waals surface area contributed by atoms with E-state index in [0.29, 0.717) is 0 Å². The van der Waals surface area contributed by atoms with Gasteiger partial charge in [-0.3, -0.25) is 4.90 Å². The van der Waals surface area contributed by atoms with Crippen molar-refractivity contribution in [3.05, 3.63) is 0 Å². The lowest BCUT2D eigenvalue weighted by Crippen LogP contribution is -2.60. The lowest BCUT2D eigenvalue weighted by atomic mass is 9.82. The molecule has 2 bridgehead atoms. The Morgan fingerprint density at radius 1 is 1.26 bits per heavy atom. The third kappa shape index (κ3) is 3.80. The highest BCUT2D eigenvalue weighted by atomic mass is 32.2. The number of carbonyl (C=O) groups excluding carboxylic acids is 1. The number of hydrogen-bond acceptors (Lipinski definition) is 4. The van der Waals surface area contributed by atoms with E-state index in [1.807, 2.05) is 46.4 Å². The van der Waals surface area contributed by atoms with Gasteiger partial charge in [-0.25, -0.2) is 4.79 Å². The summed E-state index contributed by atoms with van der Waals surface area (Å²) in [5.74, 6) is 0. The summed E-state index contributed by atoms with van der Waals surface area (Å²) in [7, 11) is 0. The zero-order valence-electron chi connectivity index (χ0n) is 15.6. The van der Waals surface area contributed by atoms with Gasteiger partial charge in [-0.05, 0) is 74.1 Å². The standard InChI is InChI=1S/C17H32N2O3S/c1-12(18-23(21)16(5,6)7)17-10-8-13(9-11-17)19(17)14(20)22-15(2,3)4/h12-13,18H,8-11H2,1-7H3/t12-,13?,17?,23?/m1/s1. The zero-order chi connectivity index (χ0) is 17.6. The summed E-state index contributed by atoms with van der Waals surface area (Å²) in [6.07, 6.45) is 3.69. The largest absolute Gasteiger partial charge is 0.598 e. The first-order valence-corrected chi connectivity index (χ1v) is 9.72. The zero-order valence-corrected chi connectivity index (χ0v) is 16.4. The molecule has 2 atom stereocenters. The molecule has 0 aromatic carbocycles. The Bertz CT molecular complexity index is 448. The fourth-order valence-electron chi connectivity index (χ4n) is 3.70. The molecule has 0 aliphatic carbocycles. The average Bonchev–Trinajstić information content (AvgIpc) is 2.91. The molecule has 1 N–H and O–H groups in total.